The summed E-state index contributed by atoms with van der Waals surface area (Å²) in [7, 11) is 0. The van der Waals surface area contributed by atoms with E-state index in [9.17, 15) is 0 Å². The number of hydrogen-bond donors (Lipinski definition) is 5. The van der Waals surface area contributed by atoms with Gasteiger partial charge in [-0.05, 0) is 0 Å². The third-order valence-corrected chi connectivity index (χ3v) is 1.27. The van der Waals surface area contributed by atoms with Gasteiger partial charge in [-0.25, -0.2) is 0 Å². The Hall–Kier alpha value is -1.34. The molecule has 0 saturated heterocycles. The molecule has 0 aromatic rings. The van der Waals surface area contributed by atoms with E-state index >= 15 is 0 Å². The molecule has 0 bridgehead atoms. The number of nitrogens with one attached hydrogen (secondary N) is 1. The molecule has 0 spiro atoms. The largest absolute Gasteiger partial charge is 0.395 e. The fraction of sp³-hybridized carbons (Fsp3) is 0.667. The molecule has 0 radical (unpaired) electrons. The maximum absolute atomic E-state index is 8.62. The summed E-state index contributed by atoms with van der Waals surface area (Å²) >= 11 is 0. The Morgan fingerprint density at radius 1 is 1.23 bits per heavy atom. The lowest BCUT2D eigenvalue weighted by Crippen LogP contribution is -2.36. The van der Waals surface area contributed by atoms with Crippen LogP contribution < -0.4 is 11.5 Å². The highest BCUT2D eigenvalue weighted by Gasteiger charge is 2.06. The molecule has 0 fully saturated rings. The molecule has 7 N–H and O–H groups in total. The molecule has 0 aliphatic rings. The van der Waals surface area contributed by atoms with Crippen molar-refractivity contribution in [2.24, 2.45) is 16.5 Å². The summed E-state index contributed by atoms with van der Waals surface area (Å²) < 4.78 is 0. The molecule has 0 unspecified atom stereocenters. The second-order valence-corrected chi connectivity index (χ2v) is 2.29. The van der Waals surface area contributed by atoms with Crippen LogP contribution in [-0.2, 0) is 0 Å². The van der Waals surface area contributed by atoms with E-state index in [1.54, 1.807) is 0 Å². The predicted molar refractivity (Wildman–Crippen MR) is 49.3 cm³/mol. The van der Waals surface area contributed by atoms with Gasteiger partial charge in [0.1, 0.15) is 0 Å². The number of nitrogens with zero attached hydrogens (tertiary/aromatic N) is 2. The second-order valence-electron chi connectivity index (χ2n) is 2.29. The van der Waals surface area contributed by atoms with Crippen LogP contribution in [0.15, 0.2) is 4.99 Å². The highest BCUT2D eigenvalue weighted by atomic mass is 16.3. The molecule has 0 aliphatic carbocycles. The van der Waals surface area contributed by atoms with Crippen molar-refractivity contribution in [3.63, 3.8) is 0 Å². The topological polar surface area (TPSA) is 132 Å². The van der Waals surface area contributed by atoms with E-state index in [1.807, 2.05) is 0 Å². The summed E-state index contributed by atoms with van der Waals surface area (Å²) in [6.07, 6.45) is 0. The van der Waals surface area contributed by atoms with Gasteiger partial charge in [-0.15, -0.1) is 0 Å². The summed E-state index contributed by atoms with van der Waals surface area (Å²) in [5.74, 6) is -0.381. The number of aliphatic imine (C=N–C) groups is 1. The van der Waals surface area contributed by atoms with Gasteiger partial charge in [0.25, 0.3) is 0 Å². The normalized spacial score (nSPS) is 9.38. The van der Waals surface area contributed by atoms with Gasteiger partial charge < -0.3 is 26.6 Å². The molecule has 0 aliphatic heterocycles. The van der Waals surface area contributed by atoms with Crippen molar-refractivity contribution >= 4 is 11.9 Å². The zero-order valence-electron chi connectivity index (χ0n) is 7.27. The molecule has 7 nitrogen and oxygen atoms in total. The molecule has 0 rings (SSSR count). The van der Waals surface area contributed by atoms with Crippen LogP contribution in [0.25, 0.3) is 0 Å². The zero-order chi connectivity index (χ0) is 10.3. The van der Waals surface area contributed by atoms with Crippen LogP contribution in [0.1, 0.15) is 0 Å². The monoisotopic (exact) mass is 189 g/mol. The van der Waals surface area contributed by atoms with Crippen molar-refractivity contribution in [2.45, 2.75) is 0 Å². The predicted octanol–water partition coefficient (Wildman–Crippen LogP) is -2.52. The molecule has 7 heteroatoms. The van der Waals surface area contributed by atoms with Gasteiger partial charge in [-0.1, -0.05) is 0 Å². The van der Waals surface area contributed by atoms with E-state index in [-0.39, 0.29) is 38.2 Å². The van der Waals surface area contributed by atoms with Gasteiger partial charge in [-0.2, -0.15) is 4.99 Å². The fourth-order valence-electron chi connectivity index (χ4n) is 0.758. The smallest absolute Gasteiger partial charge is 0.221 e. The summed E-state index contributed by atoms with van der Waals surface area (Å²) in [5.41, 5.74) is 10.1. The second kappa shape index (κ2) is 6.21. The van der Waals surface area contributed by atoms with E-state index in [0.717, 1.165) is 0 Å². The quantitative estimate of drug-likeness (QED) is 0.246. The van der Waals surface area contributed by atoms with Crippen molar-refractivity contribution < 1.29 is 10.2 Å². The molecular weight excluding hydrogens is 174 g/mol. The Kier molecular flexibility index (Phi) is 5.57. The van der Waals surface area contributed by atoms with Crippen LogP contribution in [0.3, 0.4) is 0 Å². The van der Waals surface area contributed by atoms with Gasteiger partial charge in [-0.3, -0.25) is 5.41 Å². The van der Waals surface area contributed by atoms with Crippen molar-refractivity contribution in [1.82, 2.24) is 4.90 Å². The molecule has 0 atom stereocenters. The number of aliphatic hydroxyl groups is 2. The standard InChI is InChI=1S/C6H15N5O2/c7-5(8)10-6(9)11(1-3-12)2-4-13/h12-13H,1-4H2,(H5,7,8,9,10). The Balaban J connectivity index is 4.19. The van der Waals surface area contributed by atoms with Gasteiger partial charge in [0, 0.05) is 13.1 Å². The summed E-state index contributed by atoms with van der Waals surface area (Å²) in [5, 5.41) is 24.6. The summed E-state index contributed by atoms with van der Waals surface area (Å²) in [6.45, 7) is 0.192. The van der Waals surface area contributed by atoms with Gasteiger partial charge in [0.05, 0.1) is 13.2 Å². The average Bonchev–Trinajstić information content (AvgIpc) is 2.02. The molecule has 0 amide bonds. The van der Waals surface area contributed by atoms with Crippen molar-refractivity contribution in [1.29, 1.82) is 5.41 Å². The van der Waals surface area contributed by atoms with Crippen LogP contribution in [0.2, 0.25) is 0 Å². The average molecular weight is 189 g/mol. The zero-order valence-corrected chi connectivity index (χ0v) is 7.27. The number of nitrogens with two attached hydrogens (primary N) is 2. The molecule has 76 valence electrons. The van der Waals surface area contributed by atoms with Crippen LogP contribution >= 0.6 is 0 Å². The first kappa shape index (κ1) is 11.7. The minimum atomic E-state index is -0.217. The third kappa shape index (κ3) is 4.99. The number of guanidine groups is 2. The van der Waals surface area contributed by atoms with Gasteiger partial charge in [0.2, 0.25) is 5.96 Å². The number of hydrogen-bond acceptors (Lipinski definition) is 3. The molecule has 0 aromatic carbocycles. The van der Waals surface area contributed by atoms with Crippen LogP contribution in [0, 0.1) is 5.41 Å². The van der Waals surface area contributed by atoms with Crippen LogP contribution in [0.4, 0.5) is 0 Å². The third-order valence-electron chi connectivity index (χ3n) is 1.27. The van der Waals surface area contributed by atoms with Crippen LogP contribution in [0.5, 0.6) is 0 Å². The molecular formula is C6H15N5O2. The molecule has 13 heavy (non-hydrogen) atoms. The lowest BCUT2D eigenvalue weighted by atomic mass is 10.5. The minimum Gasteiger partial charge on any atom is -0.395 e. The Morgan fingerprint density at radius 2 is 1.69 bits per heavy atom. The number of aliphatic hydroxyl groups excluding tert-OH is 2. The summed E-state index contributed by atoms with van der Waals surface area (Å²) in [6, 6.07) is 0. The van der Waals surface area contributed by atoms with E-state index in [4.69, 9.17) is 27.1 Å². The maximum atomic E-state index is 8.62. The molecule has 0 heterocycles. The van der Waals surface area contributed by atoms with E-state index in [0.29, 0.717) is 0 Å². The first-order chi connectivity index (χ1) is 6.11. The highest BCUT2D eigenvalue weighted by Crippen LogP contribution is 1.90. The Labute approximate surface area is 76.2 Å². The Morgan fingerprint density at radius 3 is 2.00 bits per heavy atom. The highest BCUT2D eigenvalue weighted by molar-refractivity contribution is 5.91. The van der Waals surface area contributed by atoms with Crippen molar-refractivity contribution in [3.05, 3.63) is 0 Å². The van der Waals surface area contributed by atoms with Gasteiger partial charge in [0.15, 0.2) is 5.96 Å². The van der Waals surface area contributed by atoms with E-state index in [1.165, 1.54) is 4.90 Å². The summed E-state index contributed by atoms with van der Waals surface area (Å²) in [4.78, 5) is 4.84. The maximum Gasteiger partial charge on any atom is 0.221 e. The minimum absolute atomic E-state index is 0.123. The van der Waals surface area contributed by atoms with Crippen molar-refractivity contribution in [2.75, 3.05) is 26.3 Å². The van der Waals surface area contributed by atoms with E-state index in [2.05, 4.69) is 4.99 Å². The van der Waals surface area contributed by atoms with Crippen molar-refractivity contribution in [3.8, 4) is 0 Å². The van der Waals surface area contributed by atoms with E-state index < -0.39 is 0 Å². The first-order valence-electron chi connectivity index (χ1n) is 3.76. The number of rotatable bonds is 4. The fourth-order valence-corrected chi connectivity index (χ4v) is 0.758. The molecule has 0 saturated carbocycles. The SMILES string of the molecule is N=C(N=C(N)N)N(CCO)CCO. The lowest BCUT2D eigenvalue weighted by molar-refractivity contribution is 0.210. The molecule has 0 aromatic heterocycles. The van der Waals surface area contributed by atoms with Gasteiger partial charge >= 0.3 is 0 Å². The first-order valence-corrected chi connectivity index (χ1v) is 3.76. The Bertz CT molecular complexity index is 183. The lowest BCUT2D eigenvalue weighted by Gasteiger charge is -2.19. The van der Waals surface area contributed by atoms with Crippen LogP contribution in [-0.4, -0.2) is 53.3 Å².